The molecule has 0 aliphatic rings. The summed E-state index contributed by atoms with van der Waals surface area (Å²) in [5.74, 6) is 0. The molecule has 2 N–H and O–H groups in total. The van der Waals surface area contributed by atoms with Crippen LogP contribution in [0, 0.1) is 0 Å². The van der Waals surface area contributed by atoms with Gasteiger partial charge in [0.15, 0.2) is 0 Å². The molecule has 2 rings (SSSR count). The van der Waals surface area contributed by atoms with Crippen LogP contribution in [0.5, 0.6) is 0 Å². The Kier molecular flexibility index (Phi) is 4.04. The van der Waals surface area contributed by atoms with Gasteiger partial charge in [0.25, 0.3) is 0 Å². The Morgan fingerprint density at radius 2 is 2.22 bits per heavy atom. The second-order valence-corrected chi connectivity index (χ2v) is 4.64. The molecule has 98 valence electrons. The van der Waals surface area contributed by atoms with Crippen molar-refractivity contribution in [2.24, 2.45) is 12.8 Å². The van der Waals surface area contributed by atoms with Crippen LogP contribution in [-0.2, 0) is 26.4 Å². The second kappa shape index (κ2) is 5.54. The predicted octanol–water partition coefficient (Wildman–Crippen LogP) is 1.38. The van der Waals surface area contributed by atoms with Gasteiger partial charge in [-0.3, -0.25) is 4.68 Å². The first-order chi connectivity index (χ1) is 8.65. The van der Waals surface area contributed by atoms with E-state index in [0.29, 0.717) is 13.1 Å². The van der Waals surface area contributed by atoms with Crippen LogP contribution in [0.1, 0.15) is 24.0 Å². The standard InChI is InChI=1S/C12H18ClN5/c1-3-10-12(13)11(17(2)16-10)7-18-6-9(4-5-14)15-8-18/h6,8H,3-5,7,14H2,1-2H3. The number of nitrogens with two attached hydrogens (primary N) is 1. The number of hydrogen-bond acceptors (Lipinski definition) is 3. The second-order valence-electron chi connectivity index (χ2n) is 4.26. The lowest BCUT2D eigenvalue weighted by molar-refractivity contribution is 0.660. The van der Waals surface area contributed by atoms with Gasteiger partial charge in [-0.2, -0.15) is 5.10 Å². The highest BCUT2D eigenvalue weighted by Gasteiger charge is 2.13. The van der Waals surface area contributed by atoms with Crippen molar-refractivity contribution in [3.63, 3.8) is 0 Å². The Morgan fingerprint density at radius 1 is 1.44 bits per heavy atom. The van der Waals surface area contributed by atoms with Crippen LogP contribution in [0.2, 0.25) is 5.02 Å². The number of imidazole rings is 1. The van der Waals surface area contributed by atoms with Crippen molar-refractivity contribution in [2.45, 2.75) is 26.3 Å². The van der Waals surface area contributed by atoms with Crippen molar-refractivity contribution in [2.75, 3.05) is 6.54 Å². The zero-order valence-electron chi connectivity index (χ0n) is 10.7. The zero-order valence-corrected chi connectivity index (χ0v) is 11.5. The molecular formula is C12H18ClN5. The van der Waals surface area contributed by atoms with Crippen LogP contribution < -0.4 is 5.73 Å². The van der Waals surface area contributed by atoms with E-state index in [2.05, 4.69) is 17.0 Å². The summed E-state index contributed by atoms with van der Waals surface area (Å²) in [7, 11) is 1.91. The summed E-state index contributed by atoms with van der Waals surface area (Å²) in [4.78, 5) is 4.30. The lowest BCUT2D eigenvalue weighted by Crippen LogP contribution is -2.05. The molecule has 0 aromatic carbocycles. The molecule has 2 heterocycles. The quantitative estimate of drug-likeness (QED) is 0.890. The van der Waals surface area contributed by atoms with Gasteiger partial charge in [-0.25, -0.2) is 4.98 Å². The molecule has 18 heavy (non-hydrogen) atoms. The number of hydrogen-bond donors (Lipinski definition) is 1. The minimum atomic E-state index is 0.615. The Labute approximate surface area is 112 Å². The van der Waals surface area contributed by atoms with Crippen molar-refractivity contribution in [3.8, 4) is 0 Å². The minimum Gasteiger partial charge on any atom is -0.331 e. The molecule has 0 atom stereocenters. The maximum absolute atomic E-state index is 6.31. The van der Waals surface area contributed by atoms with Gasteiger partial charge in [0, 0.05) is 19.7 Å². The van der Waals surface area contributed by atoms with Gasteiger partial charge in [-0.15, -0.1) is 0 Å². The first kappa shape index (κ1) is 13.1. The van der Waals surface area contributed by atoms with Gasteiger partial charge in [-0.05, 0) is 13.0 Å². The molecule has 0 saturated carbocycles. The van der Waals surface area contributed by atoms with Crippen LogP contribution in [0.4, 0.5) is 0 Å². The fourth-order valence-corrected chi connectivity index (χ4v) is 2.29. The summed E-state index contributed by atoms with van der Waals surface area (Å²) in [6.45, 7) is 3.35. The average molecular weight is 268 g/mol. The highest BCUT2D eigenvalue weighted by molar-refractivity contribution is 6.31. The summed E-state index contributed by atoms with van der Waals surface area (Å²) >= 11 is 6.31. The molecule has 5 nitrogen and oxygen atoms in total. The number of aromatic nitrogens is 4. The van der Waals surface area contributed by atoms with Crippen LogP contribution in [0.3, 0.4) is 0 Å². The zero-order chi connectivity index (χ0) is 13.1. The van der Waals surface area contributed by atoms with Gasteiger partial charge < -0.3 is 10.3 Å². The number of rotatable bonds is 5. The van der Waals surface area contributed by atoms with Crippen LogP contribution >= 0.6 is 11.6 Å². The summed E-state index contributed by atoms with van der Waals surface area (Å²) in [5, 5.41) is 5.16. The molecule has 2 aromatic rings. The summed E-state index contributed by atoms with van der Waals surface area (Å²) in [6, 6.07) is 0. The molecule has 0 spiro atoms. The monoisotopic (exact) mass is 267 g/mol. The largest absolute Gasteiger partial charge is 0.331 e. The molecule has 0 radical (unpaired) electrons. The summed E-state index contributed by atoms with van der Waals surface area (Å²) in [5.41, 5.74) is 8.46. The normalized spacial score (nSPS) is 11.1. The fraction of sp³-hybridized carbons (Fsp3) is 0.500. The number of halogens is 1. The van der Waals surface area contributed by atoms with Crippen molar-refractivity contribution in [1.29, 1.82) is 0 Å². The van der Waals surface area contributed by atoms with Gasteiger partial charge in [0.05, 0.1) is 35.0 Å². The molecule has 0 bridgehead atoms. The molecule has 0 aliphatic carbocycles. The van der Waals surface area contributed by atoms with E-state index in [1.807, 2.05) is 22.5 Å². The van der Waals surface area contributed by atoms with E-state index in [-0.39, 0.29) is 0 Å². The van der Waals surface area contributed by atoms with E-state index in [0.717, 1.165) is 34.9 Å². The van der Waals surface area contributed by atoms with Gasteiger partial charge >= 0.3 is 0 Å². The molecule has 0 amide bonds. The molecule has 0 fully saturated rings. The molecular weight excluding hydrogens is 250 g/mol. The van der Waals surface area contributed by atoms with Gasteiger partial charge in [0.1, 0.15) is 0 Å². The summed E-state index contributed by atoms with van der Waals surface area (Å²) in [6.07, 6.45) is 5.45. The molecule has 2 aromatic heterocycles. The third-order valence-electron chi connectivity index (χ3n) is 2.92. The maximum Gasteiger partial charge on any atom is 0.0953 e. The number of aryl methyl sites for hydroxylation is 2. The predicted molar refractivity (Wildman–Crippen MR) is 71.7 cm³/mol. The van der Waals surface area contributed by atoms with Crippen LogP contribution in [0.25, 0.3) is 0 Å². The highest BCUT2D eigenvalue weighted by Crippen LogP contribution is 2.21. The van der Waals surface area contributed by atoms with E-state index >= 15 is 0 Å². The topological polar surface area (TPSA) is 61.7 Å². The van der Waals surface area contributed by atoms with Crippen molar-refractivity contribution < 1.29 is 0 Å². The molecule has 0 saturated heterocycles. The Bertz CT molecular complexity index is 529. The lowest BCUT2D eigenvalue weighted by atomic mass is 10.3. The van der Waals surface area contributed by atoms with Crippen molar-refractivity contribution in [1.82, 2.24) is 19.3 Å². The van der Waals surface area contributed by atoms with Gasteiger partial charge in [0.2, 0.25) is 0 Å². The molecule has 0 unspecified atom stereocenters. The van der Waals surface area contributed by atoms with Crippen LogP contribution in [-0.4, -0.2) is 25.9 Å². The van der Waals surface area contributed by atoms with E-state index in [1.54, 1.807) is 6.33 Å². The molecule has 0 aliphatic heterocycles. The molecule has 6 heteroatoms. The first-order valence-electron chi connectivity index (χ1n) is 6.06. The minimum absolute atomic E-state index is 0.615. The SMILES string of the molecule is CCc1nn(C)c(Cn2cnc(CCN)c2)c1Cl. The van der Waals surface area contributed by atoms with Crippen LogP contribution in [0.15, 0.2) is 12.5 Å². The van der Waals surface area contributed by atoms with Crippen molar-refractivity contribution >= 4 is 11.6 Å². The Morgan fingerprint density at radius 3 is 2.83 bits per heavy atom. The van der Waals surface area contributed by atoms with E-state index < -0.39 is 0 Å². The van der Waals surface area contributed by atoms with E-state index in [1.165, 1.54) is 0 Å². The van der Waals surface area contributed by atoms with E-state index in [9.17, 15) is 0 Å². The summed E-state index contributed by atoms with van der Waals surface area (Å²) < 4.78 is 3.84. The third kappa shape index (κ3) is 2.57. The Balaban J connectivity index is 2.20. The van der Waals surface area contributed by atoms with E-state index in [4.69, 9.17) is 17.3 Å². The Hall–Kier alpha value is -1.33. The third-order valence-corrected chi connectivity index (χ3v) is 3.36. The highest BCUT2D eigenvalue weighted by atomic mass is 35.5. The maximum atomic E-state index is 6.31. The number of nitrogens with zero attached hydrogens (tertiary/aromatic N) is 4. The first-order valence-corrected chi connectivity index (χ1v) is 6.44. The average Bonchev–Trinajstić information content (AvgIpc) is 2.89. The van der Waals surface area contributed by atoms with Gasteiger partial charge in [-0.1, -0.05) is 18.5 Å². The fourth-order valence-electron chi connectivity index (χ4n) is 1.93. The van der Waals surface area contributed by atoms with Crippen molar-refractivity contribution in [3.05, 3.63) is 34.6 Å². The lowest BCUT2D eigenvalue weighted by Gasteiger charge is -2.03. The smallest absolute Gasteiger partial charge is 0.0953 e.